The molecule has 0 spiro atoms. The maximum absolute atomic E-state index is 12.6. The Bertz CT molecular complexity index is 818. The molecule has 0 radical (unpaired) electrons. The van der Waals surface area contributed by atoms with E-state index in [2.05, 4.69) is 5.32 Å². The van der Waals surface area contributed by atoms with Crippen LogP contribution < -0.4 is 5.32 Å². The van der Waals surface area contributed by atoms with Gasteiger partial charge in [-0.15, -0.1) is 0 Å². The third-order valence-corrected chi connectivity index (χ3v) is 4.10. The van der Waals surface area contributed by atoms with Gasteiger partial charge in [-0.3, -0.25) is 4.79 Å². The molecule has 0 heterocycles. The first-order valence-electron chi connectivity index (χ1n) is 8.02. The number of hydrogen-bond donors (Lipinski definition) is 3. The average molecular weight is 381 g/mol. The van der Waals surface area contributed by atoms with Crippen LogP contribution >= 0.6 is 0 Å². The minimum Gasteiger partial charge on any atom is -0.480 e. The highest BCUT2D eigenvalue weighted by Gasteiger charge is 2.31. The molecule has 0 aliphatic carbocycles. The summed E-state index contributed by atoms with van der Waals surface area (Å²) in [6.45, 7) is 1.80. The highest BCUT2D eigenvalue weighted by atomic mass is 19.4. The Morgan fingerprint density at radius 3 is 2.19 bits per heavy atom. The SMILES string of the molecule is Cc1ccccc1C[C@@H](NC(=O)[C@@H](O)c1ccc(C(F)(F)F)cc1)C(=O)O. The molecule has 0 bridgehead atoms. The number of nitrogens with one attached hydrogen (secondary N) is 1. The second-order valence-corrected chi connectivity index (χ2v) is 6.05. The summed E-state index contributed by atoms with van der Waals surface area (Å²) in [4.78, 5) is 23.6. The monoisotopic (exact) mass is 381 g/mol. The normalized spacial score (nSPS) is 13.7. The van der Waals surface area contributed by atoms with E-state index in [1.807, 2.05) is 0 Å². The van der Waals surface area contributed by atoms with Crippen LogP contribution in [0.5, 0.6) is 0 Å². The van der Waals surface area contributed by atoms with Crippen LogP contribution in [0.4, 0.5) is 13.2 Å². The molecule has 0 aliphatic rings. The largest absolute Gasteiger partial charge is 0.480 e. The number of amides is 1. The van der Waals surface area contributed by atoms with Crippen molar-refractivity contribution in [3.8, 4) is 0 Å². The molecule has 0 saturated heterocycles. The van der Waals surface area contributed by atoms with Crippen LogP contribution in [0.25, 0.3) is 0 Å². The number of rotatable bonds is 6. The smallest absolute Gasteiger partial charge is 0.416 e. The van der Waals surface area contributed by atoms with Crippen molar-refractivity contribution in [1.29, 1.82) is 0 Å². The second kappa shape index (κ2) is 8.22. The molecule has 0 aromatic heterocycles. The molecule has 144 valence electrons. The first kappa shape index (κ1) is 20.4. The number of alkyl halides is 3. The van der Waals surface area contributed by atoms with Gasteiger partial charge in [-0.25, -0.2) is 4.79 Å². The molecule has 27 heavy (non-hydrogen) atoms. The van der Waals surface area contributed by atoms with Gasteiger partial charge in [0.15, 0.2) is 6.10 Å². The zero-order valence-electron chi connectivity index (χ0n) is 14.3. The number of halogens is 3. The van der Waals surface area contributed by atoms with E-state index in [9.17, 15) is 33.0 Å². The van der Waals surface area contributed by atoms with Crippen molar-refractivity contribution in [3.63, 3.8) is 0 Å². The number of hydrogen-bond acceptors (Lipinski definition) is 3. The number of benzene rings is 2. The molecule has 2 aromatic carbocycles. The summed E-state index contributed by atoms with van der Waals surface area (Å²) in [5.41, 5.74) is 0.581. The van der Waals surface area contributed by atoms with Crippen molar-refractivity contribution in [3.05, 3.63) is 70.8 Å². The lowest BCUT2D eigenvalue weighted by Crippen LogP contribution is -2.44. The Morgan fingerprint density at radius 2 is 1.67 bits per heavy atom. The molecule has 2 rings (SSSR count). The van der Waals surface area contributed by atoms with E-state index < -0.39 is 35.8 Å². The number of aryl methyl sites for hydroxylation is 1. The van der Waals surface area contributed by atoms with Crippen LogP contribution in [0, 0.1) is 6.92 Å². The Hall–Kier alpha value is -2.87. The molecule has 1 amide bonds. The van der Waals surface area contributed by atoms with Crippen LogP contribution in [-0.4, -0.2) is 28.1 Å². The van der Waals surface area contributed by atoms with Gasteiger partial charge >= 0.3 is 12.1 Å². The average Bonchev–Trinajstić information content (AvgIpc) is 2.61. The molecule has 5 nitrogen and oxygen atoms in total. The van der Waals surface area contributed by atoms with Crippen molar-refractivity contribution in [1.82, 2.24) is 5.32 Å². The number of carboxylic acids is 1. The van der Waals surface area contributed by atoms with Crippen molar-refractivity contribution in [2.75, 3.05) is 0 Å². The number of aliphatic hydroxyl groups is 1. The Labute approximate surface area is 153 Å². The Balaban J connectivity index is 2.10. The van der Waals surface area contributed by atoms with E-state index in [1.54, 1.807) is 31.2 Å². The minimum atomic E-state index is -4.53. The van der Waals surface area contributed by atoms with Crippen molar-refractivity contribution >= 4 is 11.9 Å². The number of carboxylic acid groups (broad SMARTS) is 1. The first-order valence-corrected chi connectivity index (χ1v) is 8.02. The maximum atomic E-state index is 12.6. The first-order chi connectivity index (χ1) is 12.6. The zero-order chi connectivity index (χ0) is 20.2. The predicted molar refractivity (Wildman–Crippen MR) is 90.9 cm³/mol. The highest BCUT2D eigenvalue weighted by Crippen LogP contribution is 2.30. The lowest BCUT2D eigenvalue weighted by Gasteiger charge is -2.18. The van der Waals surface area contributed by atoms with Gasteiger partial charge in [-0.1, -0.05) is 36.4 Å². The topological polar surface area (TPSA) is 86.6 Å². The van der Waals surface area contributed by atoms with E-state index in [0.717, 1.165) is 29.8 Å². The molecule has 0 unspecified atom stereocenters. The standard InChI is InChI=1S/C19H18F3NO4/c1-11-4-2-3-5-13(11)10-15(18(26)27)23-17(25)16(24)12-6-8-14(9-7-12)19(20,21)22/h2-9,15-16,24H,10H2,1H3,(H,23,25)(H,26,27)/t15-,16+/m1/s1. The third-order valence-electron chi connectivity index (χ3n) is 4.10. The van der Waals surface area contributed by atoms with E-state index >= 15 is 0 Å². The summed E-state index contributed by atoms with van der Waals surface area (Å²) < 4.78 is 37.7. The predicted octanol–water partition coefficient (Wildman–Crippen LogP) is 2.86. The van der Waals surface area contributed by atoms with E-state index in [0.29, 0.717) is 5.56 Å². The number of aliphatic carboxylic acids is 1. The van der Waals surface area contributed by atoms with Crippen LogP contribution in [0.3, 0.4) is 0 Å². The molecule has 0 saturated carbocycles. The summed E-state index contributed by atoms with van der Waals surface area (Å²) in [5.74, 6) is -2.29. The van der Waals surface area contributed by atoms with Crippen LogP contribution in [0.2, 0.25) is 0 Å². The van der Waals surface area contributed by atoms with Crippen molar-refractivity contribution in [2.24, 2.45) is 0 Å². The summed E-state index contributed by atoms with van der Waals surface area (Å²) >= 11 is 0. The third kappa shape index (κ3) is 5.30. The molecule has 8 heteroatoms. The number of carbonyl (C=O) groups excluding carboxylic acids is 1. The molecule has 0 fully saturated rings. The van der Waals surface area contributed by atoms with Gasteiger partial charge in [0.25, 0.3) is 5.91 Å². The Kier molecular flexibility index (Phi) is 6.22. The molecular weight excluding hydrogens is 363 g/mol. The van der Waals surface area contributed by atoms with Crippen LogP contribution in [0.1, 0.15) is 28.4 Å². The molecule has 0 aliphatic heterocycles. The van der Waals surface area contributed by atoms with Crippen molar-refractivity contribution in [2.45, 2.75) is 31.7 Å². The fraction of sp³-hybridized carbons (Fsp3) is 0.263. The van der Waals surface area contributed by atoms with Gasteiger partial charge in [0.2, 0.25) is 0 Å². The van der Waals surface area contributed by atoms with Gasteiger partial charge in [0, 0.05) is 6.42 Å². The molecular formula is C19H18F3NO4. The maximum Gasteiger partial charge on any atom is 0.416 e. The summed E-state index contributed by atoms with van der Waals surface area (Å²) in [6.07, 6.45) is -6.31. The van der Waals surface area contributed by atoms with Gasteiger partial charge in [0.05, 0.1) is 5.56 Å². The van der Waals surface area contributed by atoms with Gasteiger partial charge in [0.1, 0.15) is 6.04 Å². The number of aliphatic hydroxyl groups excluding tert-OH is 1. The van der Waals surface area contributed by atoms with Crippen LogP contribution in [0.15, 0.2) is 48.5 Å². The van der Waals surface area contributed by atoms with Gasteiger partial charge < -0.3 is 15.5 Å². The van der Waals surface area contributed by atoms with E-state index in [-0.39, 0.29) is 12.0 Å². The van der Waals surface area contributed by atoms with E-state index in [1.165, 1.54) is 0 Å². The van der Waals surface area contributed by atoms with Crippen molar-refractivity contribution < 1.29 is 33.0 Å². The Morgan fingerprint density at radius 1 is 1.07 bits per heavy atom. The van der Waals surface area contributed by atoms with E-state index in [4.69, 9.17) is 0 Å². The summed E-state index contributed by atoms with van der Waals surface area (Å²) in [7, 11) is 0. The fourth-order valence-corrected chi connectivity index (χ4v) is 2.52. The molecule has 2 aromatic rings. The molecule has 2 atom stereocenters. The minimum absolute atomic E-state index is 0.00742. The van der Waals surface area contributed by atoms with Gasteiger partial charge in [-0.05, 0) is 35.7 Å². The lowest BCUT2D eigenvalue weighted by molar-refractivity contribution is -0.143. The second-order valence-electron chi connectivity index (χ2n) is 6.05. The zero-order valence-corrected chi connectivity index (χ0v) is 14.3. The van der Waals surface area contributed by atoms with Gasteiger partial charge in [-0.2, -0.15) is 13.2 Å². The lowest BCUT2D eigenvalue weighted by atomic mass is 10.0. The number of carbonyl (C=O) groups is 2. The molecule has 3 N–H and O–H groups in total. The summed E-state index contributed by atoms with van der Waals surface area (Å²) in [6, 6.07) is 9.21. The highest BCUT2D eigenvalue weighted by molar-refractivity contribution is 5.87. The summed E-state index contributed by atoms with van der Waals surface area (Å²) in [5, 5.41) is 21.6. The fourth-order valence-electron chi connectivity index (χ4n) is 2.52. The quantitative estimate of drug-likeness (QED) is 0.718. The van der Waals surface area contributed by atoms with Crippen LogP contribution in [-0.2, 0) is 22.2 Å².